The summed E-state index contributed by atoms with van der Waals surface area (Å²) in [6.45, 7) is 0. The Kier molecular flexibility index (Phi) is 2.51. The first-order valence-corrected chi connectivity index (χ1v) is 4.52. The van der Waals surface area contributed by atoms with E-state index < -0.39 is 32.7 Å². The third-order valence-corrected chi connectivity index (χ3v) is 1.77. The van der Waals surface area contributed by atoms with Gasteiger partial charge >= 0.3 is 64.2 Å². The fourth-order valence-corrected chi connectivity index (χ4v) is 1.09. The number of hydrogen-bond acceptors (Lipinski definition) is 2. The molecule has 0 aromatic rings. The molecule has 0 bridgehead atoms. The van der Waals surface area contributed by atoms with Crippen LogP contribution in [-0.2, 0) is 4.79 Å². The van der Waals surface area contributed by atoms with Crippen LogP contribution in [-0.4, -0.2) is 32.1 Å². The molecular weight excluding hydrogens is 188 g/mol. The standard InChI is InChI=1S/C5H11NO2Se/c1-9-3-2-4(6)5(7)8/h4H,2-3,6H2,1H3,(H,7,8)/t4-/m1/s1/i1D3,9+3. The molecule has 3 N–H and O–H groups in total. The van der Waals surface area contributed by atoms with Gasteiger partial charge < -0.3 is 0 Å². The second-order valence-electron chi connectivity index (χ2n) is 1.58. The van der Waals surface area contributed by atoms with Crippen LogP contribution in [0.25, 0.3) is 0 Å². The molecule has 0 aliphatic rings. The second-order valence-corrected chi connectivity index (χ2v) is 3.04. The number of carboxylic acids is 1. The second kappa shape index (κ2) is 4.79. The van der Waals surface area contributed by atoms with Gasteiger partial charge in [0, 0.05) is 0 Å². The number of nitrogens with two attached hydrogens (primary N) is 1. The maximum absolute atomic E-state index is 10.2. The minimum atomic E-state index is -1.91. The van der Waals surface area contributed by atoms with Gasteiger partial charge in [-0.1, -0.05) is 0 Å². The van der Waals surface area contributed by atoms with Crippen molar-refractivity contribution in [2.75, 3.05) is 0 Å². The predicted molar refractivity (Wildman–Crippen MR) is 36.7 cm³/mol. The minimum absolute atomic E-state index is 0.244. The zero-order chi connectivity index (χ0) is 9.78. The molecule has 0 fully saturated rings. The molecular formula is C5H11NO2Se. The SMILES string of the molecule is [2H]C([2H])([2H])[82Se]CC[C@@H](N)C(=O)O. The third kappa shape index (κ3) is 4.45. The molecule has 0 aromatic heterocycles. The van der Waals surface area contributed by atoms with Gasteiger partial charge in [0.1, 0.15) is 0 Å². The monoisotopic (exact) mass is 202 g/mol. The summed E-state index contributed by atoms with van der Waals surface area (Å²) in [7, 11) is 0. The summed E-state index contributed by atoms with van der Waals surface area (Å²) in [4.78, 5) is 10.2. The Labute approximate surface area is 65.0 Å². The molecule has 1 atom stereocenters. The van der Waals surface area contributed by atoms with Gasteiger partial charge in [-0.15, -0.1) is 0 Å². The van der Waals surface area contributed by atoms with Gasteiger partial charge in [0.2, 0.25) is 0 Å². The molecule has 0 unspecified atom stereocenters. The summed E-state index contributed by atoms with van der Waals surface area (Å²) in [5.74, 6) is -2.98. The first-order chi connectivity index (χ1) is 5.33. The van der Waals surface area contributed by atoms with Gasteiger partial charge in [-0.25, -0.2) is 0 Å². The van der Waals surface area contributed by atoms with E-state index in [2.05, 4.69) is 0 Å². The summed E-state index contributed by atoms with van der Waals surface area (Å²) >= 11 is -0.514. The van der Waals surface area contributed by atoms with E-state index in [0.717, 1.165) is 0 Å². The van der Waals surface area contributed by atoms with Crippen LogP contribution in [0.4, 0.5) is 0 Å². The van der Waals surface area contributed by atoms with Crippen LogP contribution in [0, 0.1) is 0 Å². The van der Waals surface area contributed by atoms with Crippen molar-refractivity contribution in [3.8, 4) is 0 Å². The molecule has 0 radical (unpaired) electrons. The van der Waals surface area contributed by atoms with Crippen LogP contribution in [0.3, 0.4) is 0 Å². The molecule has 0 saturated carbocycles. The van der Waals surface area contributed by atoms with Gasteiger partial charge in [-0.3, -0.25) is 0 Å². The van der Waals surface area contributed by atoms with E-state index >= 15 is 0 Å². The first kappa shape index (κ1) is 4.72. The van der Waals surface area contributed by atoms with Crippen molar-refractivity contribution in [2.45, 2.75) is 23.5 Å². The molecule has 3 nitrogen and oxygen atoms in total. The molecule has 0 aromatic carbocycles. The number of rotatable bonds is 4. The van der Waals surface area contributed by atoms with Crippen LogP contribution in [0.15, 0.2) is 0 Å². The van der Waals surface area contributed by atoms with Crippen molar-refractivity contribution in [3.05, 3.63) is 0 Å². The molecule has 0 aliphatic carbocycles. The van der Waals surface area contributed by atoms with E-state index in [1.807, 2.05) is 0 Å². The van der Waals surface area contributed by atoms with Crippen molar-refractivity contribution in [2.24, 2.45) is 5.73 Å². The number of hydrogen-bond donors (Lipinski definition) is 2. The molecule has 0 saturated heterocycles. The van der Waals surface area contributed by atoms with Crippen molar-refractivity contribution < 1.29 is 14.0 Å². The Morgan fingerprint density at radius 3 is 3.22 bits per heavy atom. The quantitative estimate of drug-likeness (QED) is 0.628. The Hall–Kier alpha value is -0.0505. The van der Waals surface area contributed by atoms with Crippen LogP contribution in [0.5, 0.6) is 0 Å². The Morgan fingerprint density at radius 2 is 2.78 bits per heavy atom. The van der Waals surface area contributed by atoms with Gasteiger partial charge in [0.25, 0.3) is 0 Å². The molecule has 9 heavy (non-hydrogen) atoms. The van der Waals surface area contributed by atoms with Crippen LogP contribution < -0.4 is 5.73 Å². The van der Waals surface area contributed by atoms with E-state index in [-0.39, 0.29) is 6.42 Å². The van der Waals surface area contributed by atoms with Crippen LogP contribution in [0.2, 0.25) is 11.1 Å². The van der Waals surface area contributed by atoms with Crippen molar-refractivity contribution in [3.63, 3.8) is 0 Å². The summed E-state index contributed by atoms with van der Waals surface area (Å²) in [6.07, 6.45) is 0.244. The number of carbonyl (C=O) groups is 1. The van der Waals surface area contributed by atoms with Gasteiger partial charge in [-0.05, 0) is 0 Å². The fourth-order valence-electron chi connectivity index (χ4n) is 0.309. The normalized spacial score (nSPS) is 19.4. The van der Waals surface area contributed by atoms with Crippen molar-refractivity contribution in [1.82, 2.24) is 0 Å². The summed E-state index contributed by atoms with van der Waals surface area (Å²) in [5, 5.41) is 8.74. The summed E-state index contributed by atoms with van der Waals surface area (Å²) in [5.41, 5.74) is 5.17. The van der Waals surface area contributed by atoms with Gasteiger partial charge in [0.15, 0.2) is 0 Å². The van der Waals surface area contributed by atoms with Crippen molar-refractivity contribution >= 4 is 20.9 Å². The van der Waals surface area contributed by atoms with E-state index in [4.69, 9.17) is 15.0 Å². The van der Waals surface area contributed by atoms with E-state index in [9.17, 15) is 4.79 Å². The molecule has 4 heteroatoms. The first-order valence-electron chi connectivity index (χ1n) is 3.95. The topological polar surface area (TPSA) is 63.3 Å². The van der Waals surface area contributed by atoms with Gasteiger partial charge in [-0.2, -0.15) is 0 Å². The number of carboxylic acid groups (broad SMARTS) is 1. The maximum atomic E-state index is 10.2. The van der Waals surface area contributed by atoms with Crippen LogP contribution >= 0.6 is 0 Å². The predicted octanol–water partition coefficient (Wildman–Crippen LogP) is -0.0410. The Bertz CT molecular complexity index is 161. The molecule has 0 amide bonds. The zero-order valence-corrected chi connectivity index (χ0v) is 6.55. The Morgan fingerprint density at radius 1 is 2.11 bits per heavy atom. The molecule has 0 aliphatic heterocycles. The molecule has 0 heterocycles. The van der Waals surface area contributed by atoms with Crippen LogP contribution in [0.1, 0.15) is 10.5 Å². The van der Waals surface area contributed by atoms with E-state index in [0.29, 0.717) is 5.32 Å². The molecule has 0 spiro atoms. The average Bonchev–Trinajstić information content (AvgIpc) is 1.84. The summed E-state index contributed by atoms with van der Waals surface area (Å²) in [6, 6.07) is -0.922. The summed E-state index contributed by atoms with van der Waals surface area (Å²) < 4.78 is 20.6. The Balaban J connectivity index is 3.51. The van der Waals surface area contributed by atoms with Gasteiger partial charge in [0.05, 0.1) is 0 Å². The van der Waals surface area contributed by atoms with E-state index in [1.165, 1.54) is 0 Å². The fraction of sp³-hybridized carbons (Fsp3) is 0.800. The third-order valence-electron chi connectivity index (χ3n) is 0.848. The average molecular weight is 202 g/mol. The van der Waals surface area contributed by atoms with Crippen molar-refractivity contribution in [1.29, 1.82) is 0 Å². The number of aliphatic carboxylic acids is 1. The van der Waals surface area contributed by atoms with E-state index in [1.54, 1.807) is 0 Å². The molecule has 54 valence electrons. The molecule has 0 rings (SSSR count). The zero-order valence-electron chi connectivity index (χ0n) is 7.83.